The van der Waals surface area contributed by atoms with E-state index in [1.807, 2.05) is 42.3 Å². The van der Waals surface area contributed by atoms with Crippen molar-refractivity contribution in [1.82, 2.24) is 4.90 Å². The molecule has 0 spiro atoms. The first-order valence-electron chi connectivity index (χ1n) is 8.94. The van der Waals surface area contributed by atoms with E-state index in [0.717, 1.165) is 11.1 Å². The fourth-order valence-electron chi connectivity index (χ4n) is 3.36. The summed E-state index contributed by atoms with van der Waals surface area (Å²) in [5.41, 5.74) is 7.44. The van der Waals surface area contributed by atoms with Crippen molar-refractivity contribution in [3.8, 4) is 0 Å². The summed E-state index contributed by atoms with van der Waals surface area (Å²) in [5, 5.41) is 11.5. The number of nitrogens with zero attached hydrogens (tertiary/aromatic N) is 2. The molecule has 1 amide bonds. The summed E-state index contributed by atoms with van der Waals surface area (Å²) in [6.07, 6.45) is 0. The van der Waals surface area contributed by atoms with E-state index in [2.05, 4.69) is 0 Å². The number of carbonyl (C=O) groups excluding carboxylic acids is 1. The van der Waals surface area contributed by atoms with Crippen LogP contribution in [-0.2, 0) is 6.54 Å². The van der Waals surface area contributed by atoms with E-state index in [1.54, 1.807) is 18.2 Å². The summed E-state index contributed by atoms with van der Waals surface area (Å²) < 4.78 is 13.4. The monoisotopic (exact) mass is 393 g/mol. The van der Waals surface area contributed by atoms with Crippen LogP contribution in [0.2, 0.25) is 0 Å². The summed E-state index contributed by atoms with van der Waals surface area (Å²) in [5.74, 6) is -1.05. The molecule has 148 valence electrons. The van der Waals surface area contributed by atoms with Crippen LogP contribution in [0, 0.1) is 15.9 Å². The molecule has 1 atom stereocenters. The van der Waals surface area contributed by atoms with E-state index in [1.165, 1.54) is 24.3 Å². The van der Waals surface area contributed by atoms with Crippen molar-refractivity contribution in [3.63, 3.8) is 0 Å². The van der Waals surface area contributed by atoms with Gasteiger partial charge in [0.2, 0.25) is 5.91 Å². The van der Waals surface area contributed by atoms with Gasteiger partial charge in [-0.2, -0.15) is 0 Å². The zero-order valence-electron chi connectivity index (χ0n) is 15.8. The highest BCUT2D eigenvalue weighted by Crippen LogP contribution is 2.31. The number of halogens is 1. The number of carbonyl (C=O) groups is 1. The van der Waals surface area contributed by atoms with Gasteiger partial charge in [0.05, 0.1) is 11.0 Å². The van der Waals surface area contributed by atoms with Gasteiger partial charge in [0.1, 0.15) is 5.82 Å². The molecular formula is C22H20FN3O3. The Bertz CT molecular complexity index is 1020. The normalized spacial score (nSPS) is 12.0. The van der Waals surface area contributed by atoms with Gasteiger partial charge in [0, 0.05) is 23.7 Å². The molecule has 0 radical (unpaired) electrons. The summed E-state index contributed by atoms with van der Waals surface area (Å²) in [6.45, 7) is 0.242. The van der Waals surface area contributed by atoms with Gasteiger partial charge < -0.3 is 5.73 Å². The third-order valence-corrected chi connectivity index (χ3v) is 4.73. The zero-order chi connectivity index (χ0) is 21.0. The fraction of sp³-hybridized carbons (Fsp3) is 0.136. The van der Waals surface area contributed by atoms with Gasteiger partial charge in [-0.3, -0.25) is 19.8 Å². The Morgan fingerprint density at radius 2 is 1.69 bits per heavy atom. The maximum absolute atomic E-state index is 13.4. The fourth-order valence-corrected chi connectivity index (χ4v) is 3.36. The first kappa shape index (κ1) is 20.2. The second-order valence-corrected chi connectivity index (χ2v) is 6.74. The molecular weight excluding hydrogens is 373 g/mol. The largest absolute Gasteiger partial charge is 0.366 e. The van der Waals surface area contributed by atoms with Crippen LogP contribution in [0.4, 0.5) is 10.1 Å². The number of primary amides is 1. The van der Waals surface area contributed by atoms with Crippen molar-refractivity contribution in [2.24, 2.45) is 5.73 Å². The average Bonchev–Trinajstić information content (AvgIpc) is 2.70. The molecule has 0 saturated carbocycles. The van der Waals surface area contributed by atoms with Crippen molar-refractivity contribution >= 4 is 11.6 Å². The molecule has 0 aliphatic rings. The number of hydrogen-bond donors (Lipinski definition) is 1. The van der Waals surface area contributed by atoms with E-state index < -0.39 is 10.8 Å². The molecule has 3 aromatic carbocycles. The van der Waals surface area contributed by atoms with Gasteiger partial charge in [0.25, 0.3) is 5.69 Å². The Morgan fingerprint density at radius 1 is 1.07 bits per heavy atom. The van der Waals surface area contributed by atoms with Crippen LogP contribution >= 0.6 is 0 Å². The minimum Gasteiger partial charge on any atom is -0.366 e. The molecule has 0 aromatic heterocycles. The van der Waals surface area contributed by atoms with Crippen LogP contribution in [0.1, 0.15) is 33.1 Å². The third kappa shape index (κ3) is 4.64. The van der Waals surface area contributed by atoms with Crippen molar-refractivity contribution in [2.75, 3.05) is 7.05 Å². The van der Waals surface area contributed by atoms with Crippen LogP contribution < -0.4 is 5.73 Å². The Hall–Kier alpha value is -3.58. The topological polar surface area (TPSA) is 89.5 Å². The summed E-state index contributed by atoms with van der Waals surface area (Å²) in [6, 6.07) is 19.8. The summed E-state index contributed by atoms with van der Waals surface area (Å²) in [4.78, 5) is 24.3. The molecule has 6 nitrogen and oxygen atoms in total. The van der Waals surface area contributed by atoms with Gasteiger partial charge in [-0.05, 0) is 36.4 Å². The molecule has 3 rings (SSSR count). The SMILES string of the molecule is CN(Cc1ccc(C(N)=O)cc1[N+](=O)[O-])C(c1ccccc1)c1ccc(F)cc1. The van der Waals surface area contributed by atoms with Crippen molar-refractivity contribution < 1.29 is 14.1 Å². The molecule has 0 heterocycles. The van der Waals surface area contributed by atoms with Gasteiger partial charge >= 0.3 is 0 Å². The molecule has 7 heteroatoms. The number of nitrogens with two attached hydrogens (primary N) is 1. The van der Waals surface area contributed by atoms with E-state index in [9.17, 15) is 19.3 Å². The summed E-state index contributed by atoms with van der Waals surface area (Å²) in [7, 11) is 1.84. The van der Waals surface area contributed by atoms with Gasteiger partial charge in [-0.1, -0.05) is 48.5 Å². The molecule has 1 unspecified atom stereocenters. The number of nitro benzene ring substituents is 1. The maximum Gasteiger partial charge on any atom is 0.274 e. The molecule has 3 aromatic rings. The minimum absolute atomic E-state index is 0.0845. The van der Waals surface area contributed by atoms with E-state index >= 15 is 0 Å². The number of amides is 1. The molecule has 0 saturated heterocycles. The first-order chi connectivity index (χ1) is 13.9. The second kappa shape index (κ2) is 8.62. The van der Waals surface area contributed by atoms with Crippen LogP contribution in [-0.4, -0.2) is 22.8 Å². The highest BCUT2D eigenvalue weighted by Gasteiger charge is 2.23. The highest BCUT2D eigenvalue weighted by molar-refractivity contribution is 5.93. The van der Waals surface area contributed by atoms with E-state index in [-0.39, 0.29) is 29.7 Å². The lowest BCUT2D eigenvalue weighted by Crippen LogP contribution is -2.25. The molecule has 2 N–H and O–H groups in total. The molecule has 0 aliphatic heterocycles. The van der Waals surface area contributed by atoms with Gasteiger partial charge in [-0.15, -0.1) is 0 Å². The first-order valence-corrected chi connectivity index (χ1v) is 8.94. The number of rotatable bonds is 7. The Morgan fingerprint density at radius 3 is 2.28 bits per heavy atom. The highest BCUT2D eigenvalue weighted by atomic mass is 19.1. The molecule has 0 fully saturated rings. The van der Waals surface area contributed by atoms with Crippen molar-refractivity contribution in [1.29, 1.82) is 0 Å². The van der Waals surface area contributed by atoms with Crippen molar-refractivity contribution in [3.05, 3.63) is 111 Å². The van der Waals surface area contributed by atoms with Crippen LogP contribution in [0.25, 0.3) is 0 Å². The quantitative estimate of drug-likeness (QED) is 0.484. The second-order valence-electron chi connectivity index (χ2n) is 6.74. The smallest absolute Gasteiger partial charge is 0.274 e. The number of nitro groups is 1. The lowest BCUT2D eigenvalue weighted by atomic mass is 9.96. The van der Waals surface area contributed by atoms with E-state index in [0.29, 0.717) is 5.56 Å². The minimum atomic E-state index is -0.721. The van der Waals surface area contributed by atoms with Gasteiger partial charge in [-0.25, -0.2) is 4.39 Å². The van der Waals surface area contributed by atoms with Crippen LogP contribution in [0.3, 0.4) is 0 Å². The molecule has 0 bridgehead atoms. The lowest BCUT2D eigenvalue weighted by molar-refractivity contribution is -0.385. The number of hydrogen-bond acceptors (Lipinski definition) is 4. The van der Waals surface area contributed by atoms with Crippen LogP contribution in [0.15, 0.2) is 72.8 Å². The summed E-state index contributed by atoms with van der Waals surface area (Å²) >= 11 is 0. The lowest BCUT2D eigenvalue weighted by Gasteiger charge is -2.29. The molecule has 0 aliphatic carbocycles. The van der Waals surface area contributed by atoms with Crippen LogP contribution in [0.5, 0.6) is 0 Å². The third-order valence-electron chi connectivity index (χ3n) is 4.73. The Labute approximate surface area is 167 Å². The average molecular weight is 393 g/mol. The Kier molecular flexibility index (Phi) is 5.99. The molecule has 29 heavy (non-hydrogen) atoms. The number of benzene rings is 3. The van der Waals surface area contributed by atoms with E-state index in [4.69, 9.17) is 5.73 Å². The zero-order valence-corrected chi connectivity index (χ0v) is 15.8. The van der Waals surface area contributed by atoms with Gasteiger partial charge in [0.15, 0.2) is 0 Å². The Balaban J connectivity index is 1.99. The standard InChI is InChI=1S/C22H20FN3O3/c1-25(14-18-8-7-17(22(24)27)13-20(18)26(28)29)21(15-5-3-2-4-6-15)16-9-11-19(23)12-10-16/h2-13,21H,14H2,1H3,(H2,24,27). The predicted octanol–water partition coefficient (Wildman–Crippen LogP) is 4.05. The predicted molar refractivity (Wildman–Crippen MR) is 108 cm³/mol. The van der Waals surface area contributed by atoms with Crippen molar-refractivity contribution in [2.45, 2.75) is 12.6 Å². The maximum atomic E-state index is 13.4.